The van der Waals surface area contributed by atoms with Gasteiger partial charge in [0.1, 0.15) is 0 Å². The van der Waals surface area contributed by atoms with Gasteiger partial charge >= 0.3 is 7.60 Å². The second-order valence-electron chi connectivity index (χ2n) is 7.32. The molecule has 4 aromatic rings. The zero-order valence-electron chi connectivity index (χ0n) is 18.0. The molecule has 0 amide bonds. The second kappa shape index (κ2) is 8.76. The van der Waals surface area contributed by atoms with E-state index in [1.165, 1.54) is 14.2 Å². The molecule has 0 saturated heterocycles. The maximum atomic E-state index is 12.5. The summed E-state index contributed by atoms with van der Waals surface area (Å²) in [5.74, 6) is 1.88. The van der Waals surface area contributed by atoms with Gasteiger partial charge in [-0.3, -0.25) is 20.0 Å². The number of hydrogen-bond donors (Lipinski definition) is 3. The highest BCUT2D eigenvalue weighted by Gasteiger charge is 2.24. The van der Waals surface area contributed by atoms with Gasteiger partial charge in [0.15, 0.2) is 17.5 Å². The van der Waals surface area contributed by atoms with Crippen LogP contribution in [0.15, 0.2) is 67.0 Å². The summed E-state index contributed by atoms with van der Waals surface area (Å²) < 4.78 is 22.6. The van der Waals surface area contributed by atoms with Crippen LogP contribution in [-0.2, 0) is 20.2 Å². The number of rotatable bonds is 7. The molecule has 0 saturated carbocycles. The van der Waals surface area contributed by atoms with Gasteiger partial charge in [0.05, 0.1) is 23.6 Å². The third-order valence-corrected chi connectivity index (χ3v) is 7.16. The molecule has 11 heteroatoms. The maximum Gasteiger partial charge on any atom is 0.360 e. The number of nitrogens with one attached hydrogen (secondary N) is 3. The zero-order chi connectivity index (χ0) is 22.8. The van der Waals surface area contributed by atoms with E-state index in [0.717, 1.165) is 22.2 Å². The van der Waals surface area contributed by atoms with Crippen molar-refractivity contribution in [2.75, 3.05) is 30.0 Å². The lowest BCUT2D eigenvalue weighted by Gasteiger charge is -2.17. The molecule has 0 unspecified atom stereocenters. The van der Waals surface area contributed by atoms with Crippen molar-refractivity contribution in [3.8, 4) is 0 Å². The monoisotopic (exact) mass is 463 g/mol. The molecule has 5 rings (SSSR count). The second-order valence-corrected chi connectivity index (χ2v) is 9.56. The summed E-state index contributed by atoms with van der Waals surface area (Å²) in [6.07, 6.45) is 3.43. The Morgan fingerprint density at radius 3 is 2.67 bits per heavy atom. The van der Waals surface area contributed by atoms with Gasteiger partial charge in [-0.15, -0.1) is 5.53 Å². The van der Waals surface area contributed by atoms with Crippen molar-refractivity contribution in [3.05, 3.63) is 72.6 Å². The highest BCUT2D eigenvalue weighted by atomic mass is 31.2. The van der Waals surface area contributed by atoms with E-state index in [9.17, 15) is 4.57 Å². The Hall–Kier alpha value is -3.56. The van der Waals surface area contributed by atoms with Crippen molar-refractivity contribution >= 4 is 46.9 Å². The number of pyridine rings is 1. The van der Waals surface area contributed by atoms with E-state index >= 15 is 0 Å². The fraction of sp³-hybridized carbons (Fsp3) is 0.136. The van der Waals surface area contributed by atoms with Gasteiger partial charge in [0.25, 0.3) is 0 Å². The molecule has 3 heterocycles. The van der Waals surface area contributed by atoms with E-state index in [0.29, 0.717) is 29.3 Å². The molecule has 0 radical (unpaired) electrons. The van der Waals surface area contributed by atoms with Crippen LogP contribution in [0.2, 0.25) is 0 Å². The Morgan fingerprint density at radius 1 is 1.06 bits per heavy atom. The minimum atomic E-state index is -3.29. The van der Waals surface area contributed by atoms with Crippen molar-refractivity contribution in [1.29, 1.82) is 0 Å². The Kier molecular flexibility index (Phi) is 5.65. The predicted octanol–water partition coefficient (Wildman–Crippen LogP) is 3.73. The zero-order valence-corrected chi connectivity index (χ0v) is 18.9. The first-order valence-electron chi connectivity index (χ1n) is 10.2. The van der Waals surface area contributed by atoms with Gasteiger partial charge < -0.3 is 14.4 Å². The average Bonchev–Trinajstić information content (AvgIpc) is 3.26. The van der Waals surface area contributed by atoms with Crippen LogP contribution < -0.4 is 26.6 Å². The normalized spacial score (nSPS) is 13.1. The van der Waals surface area contributed by atoms with Crippen LogP contribution in [0, 0.1) is 0 Å². The smallest absolute Gasteiger partial charge is 0.339 e. The molecule has 0 aliphatic carbocycles. The van der Waals surface area contributed by atoms with Gasteiger partial charge in [0, 0.05) is 31.5 Å². The van der Waals surface area contributed by atoms with Crippen LogP contribution in [0.1, 0.15) is 5.56 Å². The van der Waals surface area contributed by atoms with Crippen LogP contribution in [0.3, 0.4) is 0 Å². The van der Waals surface area contributed by atoms with Crippen molar-refractivity contribution in [3.63, 3.8) is 0 Å². The first-order valence-corrected chi connectivity index (χ1v) is 11.7. The molecule has 2 aromatic heterocycles. The predicted molar refractivity (Wildman–Crippen MR) is 128 cm³/mol. The van der Waals surface area contributed by atoms with Gasteiger partial charge in [-0.25, -0.2) is 9.97 Å². The van der Waals surface area contributed by atoms with E-state index < -0.39 is 7.60 Å². The fourth-order valence-corrected chi connectivity index (χ4v) is 4.66. The molecule has 0 fully saturated rings. The maximum absolute atomic E-state index is 12.5. The highest BCUT2D eigenvalue weighted by Crippen LogP contribution is 2.45. The molecule has 0 spiro atoms. The molecule has 0 atom stereocenters. The van der Waals surface area contributed by atoms with Crippen molar-refractivity contribution in [2.45, 2.75) is 6.54 Å². The topological polar surface area (TPSA) is 114 Å². The van der Waals surface area contributed by atoms with Gasteiger partial charge in [-0.1, -0.05) is 12.1 Å². The number of fused-ring (bicyclic) bond motifs is 2. The number of anilines is 4. The summed E-state index contributed by atoms with van der Waals surface area (Å²) in [4.78, 5) is 13.5. The Bertz CT molecular complexity index is 1340. The molecule has 0 bridgehead atoms. The number of hydrogen-bond acceptors (Lipinski definition) is 10. The minimum Gasteiger partial charge on any atom is -0.339 e. The third-order valence-electron chi connectivity index (χ3n) is 5.26. The molecular weight excluding hydrogens is 441 g/mol. The Labute approximate surface area is 190 Å². The summed E-state index contributed by atoms with van der Waals surface area (Å²) in [7, 11) is -0.566. The summed E-state index contributed by atoms with van der Waals surface area (Å²) in [5, 5.41) is 6.67. The molecule has 1 aliphatic heterocycles. The summed E-state index contributed by atoms with van der Waals surface area (Å²) in [6.45, 7) is 0.584. The fourth-order valence-electron chi connectivity index (χ4n) is 3.57. The van der Waals surface area contributed by atoms with Crippen LogP contribution in [-0.4, -0.2) is 29.2 Å². The molecule has 10 nitrogen and oxygen atoms in total. The standard InChI is InChI=1S/C22H22N7O3P/c1-31-33(30,32-2)18-8-6-17(7-9-18)25-20-13-24-21-22(26-20)29(28-27-21)14-15-5-10-19-16(12-15)4-3-11-23-19/h3-13,28H,14H2,1-2H3,(H,24,27)(H,25,26). The van der Waals surface area contributed by atoms with E-state index in [-0.39, 0.29) is 0 Å². The van der Waals surface area contributed by atoms with E-state index in [1.54, 1.807) is 36.7 Å². The average molecular weight is 463 g/mol. The van der Waals surface area contributed by atoms with Crippen LogP contribution in [0.4, 0.5) is 23.1 Å². The lowest BCUT2D eigenvalue weighted by Crippen LogP contribution is -2.35. The van der Waals surface area contributed by atoms with E-state index in [4.69, 9.17) is 14.0 Å². The molecule has 33 heavy (non-hydrogen) atoms. The van der Waals surface area contributed by atoms with Crippen molar-refractivity contribution in [1.82, 2.24) is 20.5 Å². The van der Waals surface area contributed by atoms with Crippen molar-refractivity contribution in [2.24, 2.45) is 0 Å². The molecular formula is C22H22N7O3P. The van der Waals surface area contributed by atoms with E-state index in [1.807, 2.05) is 29.3 Å². The van der Waals surface area contributed by atoms with Crippen LogP contribution in [0.5, 0.6) is 0 Å². The minimum absolute atomic E-state index is 0.475. The van der Waals surface area contributed by atoms with E-state index in [2.05, 4.69) is 32.3 Å². The Morgan fingerprint density at radius 2 is 1.88 bits per heavy atom. The summed E-state index contributed by atoms with van der Waals surface area (Å²) in [5.41, 5.74) is 8.97. The number of aromatic nitrogens is 3. The Balaban J connectivity index is 1.34. The first-order chi connectivity index (χ1) is 16.1. The van der Waals surface area contributed by atoms with Crippen LogP contribution in [0.25, 0.3) is 10.9 Å². The number of nitrogens with zero attached hydrogens (tertiary/aromatic N) is 4. The SMILES string of the molecule is COP(=O)(OC)c1ccc(Nc2cnc3c(n2)N(Cc2ccc4ncccc4c2)NN3)cc1. The molecule has 168 valence electrons. The third kappa shape index (κ3) is 4.24. The highest BCUT2D eigenvalue weighted by molar-refractivity contribution is 7.62. The van der Waals surface area contributed by atoms with Gasteiger partial charge in [0.2, 0.25) is 0 Å². The number of benzene rings is 2. The lowest BCUT2D eigenvalue weighted by atomic mass is 10.1. The summed E-state index contributed by atoms with van der Waals surface area (Å²) in [6, 6.07) is 17.1. The molecule has 1 aliphatic rings. The van der Waals surface area contributed by atoms with Crippen LogP contribution >= 0.6 is 7.60 Å². The summed E-state index contributed by atoms with van der Waals surface area (Å²) >= 11 is 0. The van der Waals surface area contributed by atoms with Gasteiger partial charge in [-0.2, -0.15) is 0 Å². The van der Waals surface area contributed by atoms with Gasteiger partial charge in [-0.05, 0) is 48.0 Å². The lowest BCUT2D eigenvalue weighted by molar-refractivity contribution is 0.287. The quantitative estimate of drug-likeness (QED) is 0.350. The van der Waals surface area contributed by atoms with Crippen molar-refractivity contribution < 1.29 is 13.6 Å². The largest absolute Gasteiger partial charge is 0.360 e. The molecule has 2 aromatic carbocycles. The number of hydrazine groups is 2. The molecule has 3 N–H and O–H groups in total. The first kappa shape index (κ1) is 21.3.